The van der Waals surface area contributed by atoms with Crippen molar-refractivity contribution in [2.24, 2.45) is 5.10 Å². The number of carbonyl (C=O) groups is 2. The highest BCUT2D eigenvalue weighted by atomic mass is 79.9. The van der Waals surface area contributed by atoms with E-state index in [1.54, 1.807) is 54.6 Å². The Morgan fingerprint density at radius 3 is 2.33 bits per heavy atom. The Morgan fingerprint density at radius 2 is 1.63 bits per heavy atom. The Balaban J connectivity index is 1.47. The summed E-state index contributed by atoms with van der Waals surface area (Å²) < 4.78 is 11.4. The lowest BCUT2D eigenvalue weighted by molar-refractivity contribution is -0.123. The van der Waals surface area contributed by atoms with Crippen LogP contribution in [0.1, 0.15) is 21.5 Å². The van der Waals surface area contributed by atoms with Gasteiger partial charge in [-0.05, 0) is 76.9 Å². The number of amides is 1. The molecule has 0 bridgehead atoms. The zero-order chi connectivity index (χ0) is 21.3. The number of benzene rings is 3. The second-order valence-electron chi connectivity index (χ2n) is 6.33. The number of aryl methyl sites for hydroxylation is 1. The van der Waals surface area contributed by atoms with Gasteiger partial charge in [0.1, 0.15) is 11.5 Å². The molecule has 30 heavy (non-hydrogen) atoms. The highest BCUT2D eigenvalue weighted by molar-refractivity contribution is 9.10. The maximum absolute atomic E-state index is 12.2. The van der Waals surface area contributed by atoms with E-state index in [1.165, 1.54) is 6.21 Å². The number of rotatable bonds is 7. The minimum Gasteiger partial charge on any atom is -0.484 e. The van der Waals surface area contributed by atoms with Crippen LogP contribution in [0.2, 0.25) is 0 Å². The van der Waals surface area contributed by atoms with Gasteiger partial charge in [-0.25, -0.2) is 10.2 Å². The highest BCUT2D eigenvalue weighted by Crippen LogP contribution is 2.19. The molecule has 0 spiro atoms. The molecule has 152 valence electrons. The van der Waals surface area contributed by atoms with Crippen LogP contribution in [0.4, 0.5) is 0 Å². The molecule has 1 amide bonds. The van der Waals surface area contributed by atoms with E-state index in [4.69, 9.17) is 9.47 Å². The first-order valence-electron chi connectivity index (χ1n) is 9.09. The van der Waals surface area contributed by atoms with Crippen molar-refractivity contribution >= 4 is 34.0 Å². The Labute approximate surface area is 182 Å². The SMILES string of the molecule is Cc1ccc(OCC(=O)N/N=C\c2ccc(OC(=O)c3ccccc3Br)cc2)cc1. The van der Waals surface area contributed by atoms with E-state index >= 15 is 0 Å². The molecule has 0 saturated carbocycles. The number of nitrogens with zero attached hydrogens (tertiary/aromatic N) is 1. The zero-order valence-corrected chi connectivity index (χ0v) is 17.8. The van der Waals surface area contributed by atoms with Gasteiger partial charge in [0, 0.05) is 4.47 Å². The van der Waals surface area contributed by atoms with Crippen molar-refractivity contribution in [1.82, 2.24) is 5.43 Å². The van der Waals surface area contributed by atoms with Gasteiger partial charge < -0.3 is 9.47 Å². The van der Waals surface area contributed by atoms with E-state index in [2.05, 4.69) is 26.5 Å². The molecule has 3 aromatic carbocycles. The van der Waals surface area contributed by atoms with E-state index in [0.29, 0.717) is 21.5 Å². The number of nitrogens with one attached hydrogen (secondary N) is 1. The van der Waals surface area contributed by atoms with E-state index in [0.717, 1.165) is 11.1 Å². The number of hydrazone groups is 1. The van der Waals surface area contributed by atoms with Crippen molar-refractivity contribution in [2.75, 3.05) is 6.61 Å². The van der Waals surface area contributed by atoms with Gasteiger partial charge in [0.2, 0.25) is 0 Å². The quantitative estimate of drug-likeness (QED) is 0.240. The Kier molecular flexibility index (Phi) is 7.34. The average molecular weight is 467 g/mol. The Morgan fingerprint density at radius 1 is 0.967 bits per heavy atom. The second-order valence-corrected chi connectivity index (χ2v) is 7.19. The summed E-state index contributed by atoms with van der Waals surface area (Å²) >= 11 is 3.33. The number of ether oxygens (including phenoxy) is 2. The van der Waals surface area contributed by atoms with Crippen LogP contribution in [0.15, 0.2) is 82.4 Å². The molecule has 0 fully saturated rings. The van der Waals surface area contributed by atoms with Crippen molar-refractivity contribution in [3.05, 3.63) is 94.0 Å². The summed E-state index contributed by atoms with van der Waals surface area (Å²) in [5.41, 5.74) is 4.69. The largest absolute Gasteiger partial charge is 0.484 e. The Hall–Kier alpha value is -3.45. The van der Waals surface area contributed by atoms with Gasteiger partial charge in [-0.15, -0.1) is 0 Å². The molecular weight excluding hydrogens is 448 g/mol. The summed E-state index contributed by atoms with van der Waals surface area (Å²) in [6.45, 7) is 1.84. The maximum Gasteiger partial charge on any atom is 0.344 e. The summed E-state index contributed by atoms with van der Waals surface area (Å²) in [4.78, 5) is 24.0. The third-order valence-corrected chi connectivity index (χ3v) is 4.67. The van der Waals surface area contributed by atoms with E-state index in [9.17, 15) is 9.59 Å². The van der Waals surface area contributed by atoms with Crippen LogP contribution in [-0.4, -0.2) is 24.7 Å². The van der Waals surface area contributed by atoms with Gasteiger partial charge in [0.25, 0.3) is 5.91 Å². The number of carbonyl (C=O) groups excluding carboxylic acids is 2. The molecule has 0 aliphatic carbocycles. The Bertz CT molecular complexity index is 1050. The van der Waals surface area contributed by atoms with Gasteiger partial charge in [0.15, 0.2) is 6.61 Å². The average Bonchev–Trinajstić information content (AvgIpc) is 2.75. The monoisotopic (exact) mass is 466 g/mol. The molecule has 0 saturated heterocycles. The first-order chi connectivity index (χ1) is 14.5. The molecule has 0 atom stereocenters. The van der Waals surface area contributed by atoms with Crippen molar-refractivity contribution in [3.8, 4) is 11.5 Å². The topological polar surface area (TPSA) is 77.0 Å². The fourth-order valence-electron chi connectivity index (χ4n) is 2.41. The first kappa shape index (κ1) is 21.3. The molecular formula is C23H19BrN2O4. The summed E-state index contributed by atoms with van der Waals surface area (Å²) in [5, 5.41) is 3.90. The van der Waals surface area contributed by atoms with Crippen LogP contribution in [0.25, 0.3) is 0 Å². The normalized spacial score (nSPS) is 10.6. The van der Waals surface area contributed by atoms with Crippen LogP contribution in [0.3, 0.4) is 0 Å². The van der Waals surface area contributed by atoms with Crippen molar-refractivity contribution in [1.29, 1.82) is 0 Å². The van der Waals surface area contributed by atoms with Crippen LogP contribution >= 0.6 is 15.9 Å². The number of halogens is 1. The minimum absolute atomic E-state index is 0.135. The standard InChI is InChI=1S/C23H19BrN2O4/c1-16-6-10-18(11-7-16)29-15-22(27)26-25-14-17-8-12-19(13-9-17)30-23(28)20-4-2-3-5-21(20)24/h2-14H,15H2,1H3,(H,26,27)/b25-14-. The smallest absolute Gasteiger partial charge is 0.344 e. The van der Waals surface area contributed by atoms with Crippen molar-refractivity contribution in [2.45, 2.75) is 6.92 Å². The molecule has 3 rings (SSSR count). The summed E-state index contributed by atoms with van der Waals surface area (Å²) in [7, 11) is 0. The second kappa shape index (κ2) is 10.4. The van der Waals surface area contributed by atoms with Crippen LogP contribution in [-0.2, 0) is 4.79 Å². The molecule has 0 heterocycles. The molecule has 3 aromatic rings. The summed E-state index contributed by atoms with van der Waals surface area (Å²) in [6, 6.07) is 21.2. The third kappa shape index (κ3) is 6.28. The minimum atomic E-state index is -0.454. The van der Waals surface area contributed by atoms with Crippen LogP contribution in [0.5, 0.6) is 11.5 Å². The molecule has 0 aromatic heterocycles. The lowest BCUT2D eigenvalue weighted by Gasteiger charge is -2.06. The fraction of sp³-hybridized carbons (Fsp3) is 0.0870. The summed E-state index contributed by atoms with van der Waals surface area (Å²) in [6.07, 6.45) is 1.49. The van der Waals surface area contributed by atoms with Gasteiger partial charge >= 0.3 is 5.97 Å². The third-order valence-electron chi connectivity index (χ3n) is 3.98. The van der Waals surface area contributed by atoms with Crippen LogP contribution < -0.4 is 14.9 Å². The molecule has 6 nitrogen and oxygen atoms in total. The maximum atomic E-state index is 12.2. The van der Waals surface area contributed by atoms with Gasteiger partial charge in [-0.3, -0.25) is 4.79 Å². The van der Waals surface area contributed by atoms with Gasteiger partial charge in [-0.2, -0.15) is 5.10 Å². The lowest BCUT2D eigenvalue weighted by Crippen LogP contribution is -2.24. The fourth-order valence-corrected chi connectivity index (χ4v) is 2.85. The molecule has 7 heteroatoms. The molecule has 0 unspecified atom stereocenters. The van der Waals surface area contributed by atoms with Crippen molar-refractivity contribution < 1.29 is 19.1 Å². The molecule has 0 aliphatic heterocycles. The molecule has 1 N–H and O–H groups in total. The van der Waals surface area contributed by atoms with Crippen molar-refractivity contribution in [3.63, 3.8) is 0 Å². The zero-order valence-electron chi connectivity index (χ0n) is 16.2. The van der Waals surface area contributed by atoms with E-state index < -0.39 is 5.97 Å². The van der Waals surface area contributed by atoms with Gasteiger partial charge in [0.05, 0.1) is 11.8 Å². The predicted molar refractivity (Wildman–Crippen MR) is 118 cm³/mol. The molecule has 0 radical (unpaired) electrons. The first-order valence-corrected chi connectivity index (χ1v) is 9.89. The number of esters is 1. The summed E-state index contributed by atoms with van der Waals surface area (Å²) in [5.74, 6) is 0.200. The number of hydrogen-bond donors (Lipinski definition) is 1. The van der Waals surface area contributed by atoms with E-state index in [1.807, 2.05) is 25.1 Å². The lowest BCUT2D eigenvalue weighted by atomic mass is 10.2. The van der Waals surface area contributed by atoms with E-state index in [-0.39, 0.29) is 12.5 Å². The number of hydrogen-bond acceptors (Lipinski definition) is 5. The highest BCUT2D eigenvalue weighted by Gasteiger charge is 2.11. The van der Waals surface area contributed by atoms with Gasteiger partial charge in [-0.1, -0.05) is 29.8 Å². The van der Waals surface area contributed by atoms with Crippen LogP contribution in [0, 0.1) is 6.92 Å². The predicted octanol–water partition coefficient (Wildman–Crippen LogP) is 4.51. The molecule has 0 aliphatic rings.